The minimum Gasteiger partial charge on any atom is -0.444 e. The van der Waals surface area contributed by atoms with Crippen LogP contribution in [0.2, 0.25) is 0 Å². The third kappa shape index (κ3) is 5.02. The van der Waals surface area contributed by atoms with Crippen LogP contribution >= 0.6 is 0 Å². The first-order chi connectivity index (χ1) is 10.7. The maximum absolute atomic E-state index is 13.5. The maximum Gasteiger partial charge on any atom is 0.412 e. The first kappa shape index (κ1) is 16.9. The van der Waals surface area contributed by atoms with Crippen molar-refractivity contribution in [3.63, 3.8) is 0 Å². The average Bonchev–Trinajstić information content (AvgIpc) is 2.82. The van der Waals surface area contributed by atoms with Gasteiger partial charge in [-0.15, -0.1) is 0 Å². The molecule has 0 saturated heterocycles. The van der Waals surface area contributed by atoms with Crippen LogP contribution in [-0.2, 0) is 18.3 Å². The summed E-state index contributed by atoms with van der Waals surface area (Å²) in [6, 6.07) is 8.04. The van der Waals surface area contributed by atoms with Crippen LogP contribution in [0.1, 0.15) is 26.5 Å². The number of anilines is 2. The lowest BCUT2D eigenvalue weighted by Gasteiger charge is -2.20. The van der Waals surface area contributed by atoms with E-state index >= 15 is 0 Å². The summed E-state index contributed by atoms with van der Waals surface area (Å²) < 4.78 is 20.7. The van der Waals surface area contributed by atoms with Gasteiger partial charge in [0.05, 0.1) is 17.9 Å². The van der Waals surface area contributed by atoms with E-state index in [1.807, 2.05) is 29.9 Å². The summed E-state index contributed by atoms with van der Waals surface area (Å²) in [4.78, 5) is 11.9. The second-order valence-electron chi connectivity index (χ2n) is 6.28. The standard InChI is InChI=1S/C17H22FN3O2/c1-17(2,3)23-16(22)20-14-8-7-12(18)10-15(14)19-11-13-6-5-9-21(13)4/h5-10,19H,11H2,1-4H3,(H,20,22). The summed E-state index contributed by atoms with van der Waals surface area (Å²) in [6.45, 7) is 5.86. The summed E-state index contributed by atoms with van der Waals surface area (Å²) in [7, 11) is 1.93. The Hall–Kier alpha value is -2.50. The summed E-state index contributed by atoms with van der Waals surface area (Å²) in [5.41, 5.74) is 1.41. The molecule has 2 aromatic rings. The highest BCUT2D eigenvalue weighted by Crippen LogP contribution is 2.24. The predicted octanol–water partition coefficient (Wildman–Crippen LogP) is 4.12. The Kier molecular flexibility index (Phi) is 4.93. The molecular weight excluding hydrogens is 297 g/mol. The molecule has 0 bridgehead atoms. The SMILES string of the molecule is Cn1cccc1CNc1cc(F)ccc1NC(=O)OC(C)(C)C. The molecule has 0 radical (unpaired) electrons. The molecule has 0 unspecified atom stereocenters. The molecule has 0 aliphatic carbocycles. The highest BCUT2D eigenvalue weighted by molar-refractivity contribution is 5.89. The number of ether oxygens (including phenoxy) is 1. The van der Waals surface area contributed by atoms with E-state index in [-0.39, 0.29) is 5.82 Å². The highest BCUT2D eigenvalue weighted by Gasteiger charge is 2.17. The molecule has 0 spiro atoms. The third-order valence-corrected chi connectivity index (χ3v) is 3.13. The van der Waals surface area contributed by atoms with Gasteiger partial charge in [-0.1, -0.05) is 0 Å². The molecule has 0 aliphatic rings. The quantitative estimate of drug-likeness (QED) is 0.891. The monoisotopic (exact) mass is 319 g/mol. The Morgan fingerprint density at radius 3 is 2.61 bits per heavy atom. The van der Waals surface area contributed by atoms with Crippen LogP contribution < -0.4 is 10.6 Å². The van der Waals surface area contributed by atoms with E-state index in [9.17, 15) is 9.18 Å². The van der Waals surface area contributed by atoms with Crippen molar-refractivity contribution in [2.24, 2.45) is 7.05 Å². The molecule has 0 aliphatic heterocycles. The van der Waals surface area contributed by atoms with Gasteiger partial charge in [0, 0.05) is 18.9 Å². The minimum absolute atomic E-state index is 0.380. The van der Waals surface area contributed by atoms with Crippen molar-refractivity contribution < 1.29 is 13.9 Å². The van der Waals surface area contributed by atoms with Crippen LogP contribution in [0.5, 0.6) is 0 Å². The van der Waals surface area contributed by atoms with Gasteiger partial charge < -0.3 is 14.6 Å². The number of nitrogens with zero attached hydrogens (tertiary/aromatic N) is 1. The molecule has 23 heavy (non-hydrogen) atoms. The average molecular weight is 319 g/mol. The zero-order valence-electron chi connectivity index (χ0n) is 13.8. The van der Waals surface area contributed by atoms with Gasteiger partial charge in [0.1, 0.15) is 11.4 Å². The molecule has 2 rings (SSSR count). The largest absolute Gasteiger partial charge is 0.444 e. The summed E-state index contributed by atoms with van der Waals surface area (Å²) in [6.07, 6.45) is 1.36. The number of hydrogen-bond acceptors (Lipinski definition) is 3. The number of aryl methyl sites for hydroxylation is 1. The molecule has 1 amide bonds. The van der Waals surface area contributed by atoms with Crippen LogP contribution in [0.4, 0.5) is 20.6 Å². The number of aromatic nitrogens is 1. The number of rotatable bonds is 4. The molecule has 1 aromatic heterocycles. The molecule has 2 N–H and O–H groups in total. The first-order valence-electron chi connectivity index (χ1n) is 7.38. The zero-order chi connectivity index (χ0) is 17.0. The number of benzene rings is 1. The topological polar surface area (TPSA) is 55.3 Å². The zero-order valence-corrected chi connectivity index (χ0v) is 13.8. The molecule has 6 heteroatoms. The van der Waals surface area contributed by atoms with Crippen LogP contribution in [0.3, 0.4) is 0 Å². The van der Waals surface area contributed by atoms with Crippen molar-refractivity contribution in [3.05, 3.63) is 48.0 Å². The van der Waals surface area contributed by atoms with Gasteiger partial charge in [0.25, 0.3) is 0 Å². The molecule has 124 valence electrons. The van der Waals surface area contributed by atoms with E-state index in [1.165, 1.54) is 18.2 Å². The van der Waals surface area contributed by atoms with Crippen molar-refractivity contribution in [1.29, 1.82) is 0 Å². The van der Waals surface area contributed by atoms with Gasteiger partial charge in [-0.3, -0.25) is 5.32 Å². The summed E-state index contributed by atoms with van der Waals surface area (Å²) >= 11 is 0. The second kappa shape index (κ2) is 6.73. The van der Waals surface area contributed by atoms with Gasteiger partial charge in [0.15, 0.2) is 0 Å². The van der Waals surface area contributed by atoms with Crippen molar-refractivity contribution in [2.75, 3.05) is 10.6 Å². The van der Waals surface area contributed by atoms with E-state index < -0.39 is 11.7 Å². The molecule has 0 fully saturated rings. The number of amides is 1. The van der Waals surface area contributed by atoms with E-state index in [2.05, 4.69) is 10.6 Å². The van der Waals surface area contributed by atoms with Gasteiger partial charge in [-0.2, -0.15) is 0 Å². The molecular formula is C17H22FN3O2. The second-order valence-corrected chi connectivity index (χ2v) is 6.28. The van der Waals surface area contributed by atoms with E-state index in [0.717, 1.165) is 5.69 Å². The number of nitrogens with one attached hydrogen (secondary N) is 2. The first-order valence-corrected chi connectivity index (χ1v) is 7.38. The summed E-state index contributed by atoms with van der Waals surface area (Å²) in [5, 5.41) is 5.78. The number of halogens is 1. The molecule has 1 aromatic carbocycles. The van der Waals surface area contributed by atoms with Crippen molar-refractivity contribution in [3.8, 4) is 0 Å². The fourth-order valence-corrected chi connectivity index (χ4v) is 2.05. The summed E-state index contributed by atoms with van der Waals surface area (Å²) in [5.74, 6) is -0.380. The van der Waals surface area contributed by atoms with Gasteiger partial charge in [-0.25, -0.2) is 9.18 Å². The van der Waals surface area contributed by atoms with Crippen molar-refractivity contribution >= 4 is 17.5 Å². The Labute approximate surface area is 135 Å². The van der Waals surface area contributed by atoms with Crippen molar-refractivity contribution in [2.45, 2.75) is 32.9 Å². The van der Waals surface area contributed by atoms with Crippen LogP contribution in [0.15, 0.2) is 36.5 Å². The minimum atomic E-state index is -0.596. The number of carbonyl (C=O) groups excluding carboxylic acids is 1. The van der Waals surface area contributed by atoms with Gasteiger partial charge in [-0.05, 0) is 51.1 Å². The van der Waals surface area contributed by atoms with E-state index in [0.29, 0.717) is 17.9 Å². The Bertz CT molecular complexity index is 689. The molecule has 5 nitrogen and oxygen atoms in total. The smallest absolute Gasteiger partial charge is 0.412 e. The highest BCUT2D eigenvalue weighted by atomic mass is 19.1. The van der Waals surface area contributed by atoms with E-state index in [1.54, 1.807) is 20.8 Å². The van der Waals surface area contributed by atoms with Crippen LogP contribution in [0, 0.1) is 5.82 Å². The lowest BCUT2D eigenvalue weighted by atomic mass is 10.2. The van der Waals surface area contributed by atoms with E-state index in [4.69, 9.17) is 4.74 Å². The lowest BCUT2D eigenvalue weighted by Crippen LogP contribution is -2.27. The van der Waals surface area contributed by atoms with Gasteiger partial charge >= 0.3 is 6.09 Å². The lowest BCUT2D eigenvalue weighted by molar-refractivity contribution is 0.0636. The normalized spacial score (nSPS) is 11.2. The third-order valence-electron chi connectivity index (χ3n) is 3.13. The number of carbonyl (C=O) groups is 1. The Morgan fingerprint density at radius 2 is 2.00 bits per heavy atom. The maximum atomic E-state index is 13.5. The fourth-order valence-electron chi connectivity index (χ4n) is 2.05. The molecule has 1 heterocycles. The predicted molar refractivity (Wildman–Crippen MR) is 89.0 cm³/mol. The molecule has 0 saturated carbocycles. The fraction of sp³-hybridized carbons (Fsp3) is 0.353. The number of hydrogen-bond donors (Lipinski definition) is 2. The van der Waals surface area contributed by atoms with Gasteiger partial charge in [0.2, 0.25) is 0 Å². The Balaban J connectivity index is 2.11. The molecule has 0 atom stereocenters. The van der Waals surface area contributed by atoms with Crippen LogP contribution in [-0.4, -0.2) is 16.3 Å². The Morgan fingerprint density at radius 1 is 1.26 bits per heavy atom. The van der Waals surface area contributed by atoms with Crippen molar-refractivity contribution in [1.82, 2.24) is 4.57 Å². The van der Waals surface area contributed by atoms with Crippen LogP contribution in [0.25, 0.3) is 0 Å².